The molecule has 0 spiro atoms. The molecule has 4 radical (unpaired) electrons. The Morgan fingerprint density at radius 3 is 2.26 bits per heavy atom. The molecule has 0 atom stereocenters. The van der Waals surface area contributed by atoms with Crippen LogP contribution in [-0.2, 0) is 4.79 Å². The molecule has 0 saturated heterocycles. The summed E-state index contributed by atoms with van der Waals surface area (Å²) >= 11 is 0. The van der Waals surface area contributed by atoms with E-state index in [0.29, 0.717) is 10.8 Å². The van der Waals surface area contributed by atoms with Crippen LogP contribution < -0.4 is 14.7 Å². The molecular weight excluding hydrogens is 348 g/mol. The maximum absolute atomic E-state index is 11.8. The predicted octanol–water partition coefficient (Wildman–Crippen LogP) is 3.09. The van der Waals surface area contributed by atoms with E-state index in [4.69, 9.17) is 29.7 Å². The molecule has 1 N–H and O–H groups in total. The van der Waals surface area contributed by atoms with Crippen LogP contribution in [0.25, 0.3) is 21.7 Å². The van der Waals surface area contributed by atoms with Gasteiger partial charge < -0.3 is 19.1 Å². The minimum Gasteiger partial charge on any atom is -0.449 e. The van der Waals surface area contributed by atoms with Gasteiger partial charge in [0.15, 0.2) is 22.9 Å². The average Bonchev–Trinajstić information content (AvgIpc) is 3.09. The number of furan rings is 1. The van der Waals surface area contributed by atoms with Crippen molar-refractivity contribution in [3.8, 4) is 11.5 Å². The first-order chi connectivity index (χ1) is 12.5. The number of carbonyl (C=O) groups excluding carboxylic acids is 3. The van der Waals surface area contributed by atoms with Gasteiger partial charge in [-0.05, 0) is 6.07 Å². The number of ether oxygens (including phenoxy) is 2. The number of nitrogens with one attached hydrogen (secondary N) is 1. The van der Waals surface area contributed by atoms with Crippen LogP contribution in [0.3, 0.4) is 0 Å². The number of carbonyl (C=O) groups is 3. The molecule has 134 valence electrons. The number of Topliss-reactive ketones (excluding diaryl/α,β-unsaturated/α-hetero) is 1. The molecule has 1 amide bonds. The third kappa shape index (κ3) is 3.67. The predicted molar refractivity (Wildman–Crippen MR) is 102 cm³/mol. The number of fused-ring (bicyclic) bond motifs is 2. The number of benzene rings is 2. The van der Waals surface area contributed by atoms with Crippen LogP contribution in [0.4, 0.5) is 4.79 Å². The van der Waals surface area contributed by atoms with E-state index in [1.165, 1.54) is 13.0 Å². The van der Waals surface area contributed by atoms with E-state index in [1.807, 2.05) is 5.23 Å². The van der Waals surface area contributed by atoms with Gasteiger partial charge in [-0.25, -0.2) is 4.79 Å². The second kappa shape index (κ2) is 7.99. The van der Waals surface area contributed by atoms with E-state index in [1.54, 1.807) is 24.3 Å². The molecular formula is C18H15B2NO6. The maximum atomic E-state index is 11.8. The van der Waals surface area contributed by atoms with Crippen LogP contribution in [0.2, 0.25) is 6.32 Å². The Labute approximate surface area is 157 Å². The van der Waals surface area contributed by atoms with Gasteiger partial charge in [0.1, 0.15) is 5.75 Å². The fourth-order valence-corrected chi connectivity index (χ4v) is 2.54. The molecule has 1 heterocycles. The van der Waals surface area contributed by atoms with Crippen molar-refractivity contribution < 1.29 is 28.3 Å². The molecule has 0 fully saturated rings. The van der Waals surface area contributed by atoms with Crippen LogP contribution >= 0.6 is 0 Å². The number of hydrogen-bond acceptors (Lipinski definition) is 6. The van der Waals surface area contributed by atoms with E-state index < -0.39 is 12.1 Å². The van der Waals surface area contributed by atoms with Crippen molar-refractivity contribution in [1.29, 1.82) is 0 Å². The zero-order valence-electron chi connectivity index (χ0n) is 13.7. The first-order valence-corrected chi connectivity index (χ1v) is 7.54. The van der Waals surface area contributed by atoms with Crippen LogP contribution in [0, 0.1) is 0 Å². The van der Waals surface area contributed by atoms with Gasteiger partial charge in [-0.15, -0.1) is 0 Å². The minimum absolute atomic E-state index is 0. The number of esters is 1. The lowest BCUT2D eigenvalue weighted by Crippen LogP contribution is -2.23. The van der Waals surface area contributed by atoms with Gasteiger partial charge >= 0.3 is 12.1 Å². The highest BCUT2D eigenvalue weighted by atomic mass is 16.6. The standard InChI is InChI=1S/C17H11B2NO6.CH4/c1-8(21)12-6-11-14(25-13(22)7-18)9-4-2-3-5-10(9)15(16(11)24-12)26-17(23)20-19;/h2-6H,7H2,1H3,(H,20,23);1H4. The van der Waals surface area contributed by atoms with Crippen LogP contribution in [0.15, 0.2) is 34.7 Å². The summed E-state index contributed by atoms with van der Waals surface area (Å²) in [7, 11) is 10.4. The summed E-state index contributed by atoms with van der Waals surface area (Å²) in [5.74, 6) is -0.814. The van der Waals surface area contributed by atoms with Gasteiger partial charge in [0.05, 0.1) is 13.2 Å². The van der Waals surface area contributed by atoms with Crippen molar-refractivity contribution in [1.82, 2.24) is 5.23 Å². The Bertz CT molecular complexity index is 969. The quantitative estimate of drug-likeness (QED) is 0.331. The molecule has 2 aromatic carbocycles. The SMILES string of the molecule is C.[B]CC(=O)Oc1c2ccccc2c(OC(=O)N[B])c2oc(C(C)=O)cc12. The molecule has 0 aliphatic rings. The summed E-state index contributed by atoms with van der Waals surface area (Å²) in [4.78, 5) is 35.1. The Morgan fingerprint density at radius 2 is 1.70 bits per heavy atom. The second-order valence-electron chi connectivity index (χ2n) is 5.33. The monoisotopic (exact) mass is 363 g/mol. The minimum atomic E-state index is -0.927. The number of amides is 1. The number of hydrogen-bond donors (Lipinski definition) is 1. The topological polar surface area (TPSA) is 94.8 Å². The van der Waals surface area contributed by atoms with Crippen LogP contribution in [-0.4, -0.2) is 33.7 Å². The lowest BCUT2D eigenvalue weighted by molar-refractivity contribution is -0.131. The lowest BCUT2D eigenvalue weighted by Gasteiger charge is -2.13. The molecule has 0 aliphatic heterocycles. The highest BCUT2D eigenvalue weighted by molar-refractivity contribution is 6.20. The summed E-state index contributed by atoms with van der Waals surface area (Å²) in [6, 6.07) is 8.14. The smallest absolute Gasteiger partial charge is 0.399 e. The average molecular weight is 363 g/mol. The fraction of sp³-hybridized carbons (Fsp3) is 0.167. The van der Waals surface area contributed by atoms with Gasteiger partial charge in [-0.1, -0.05) is 31.7 Å². The molecule has 0 aliphatic carbocycles. The van der Waals surface area contributed by atoms with E-state index in [9.17, 15) is 14.4 Å². The largest absolute Gasteiger partial charge is 0.449 e. The van der Waals surface area contributed by atoms with Crippen molar-refractivity contribution in [2.75, 3.05) is 0 Å². The number of rotatable bonds is 4. The Kier molecular flexibility index (Phi) is 5.95. The fourth-order valence-electron chi connectivity index (χ4n) is 2.54. The summed E-state index contributed by atoms with van der Waals surface area (Å²) in [6.07, 6.45) is -1.26. The second-order valence-corrected chi connectivity index (χ2v) is 5.33. The van der Waals surface area contributed by atoms with Gasteiger partial charge in [0.2, 0.25) is 7.98 Å². The van der Waals surface area contributed by atoms with Crippen molar-refractivity contribution in [2.24, 2.45) is 0 Å². The Balaban J connectivity index is 0.00000261. The Morgan fingerprint density at radius 1 is 1.07 bits per heavy atom. The number of ketones is 1. The zero-order chi connectivity index (χ0) is 18.8. The molecule has 3 rings (SSSR count). The molecule has 7 nitrogen and oxygen atoms in total. The summed E-state index contributed by atoms with van der Waals surface area (Å²) < 4.78 is 16.1. The van der Waals surface area contributed by atoms with Crippen molar-refractivity contribution >= 4 is 55.4 Å². The highest BCUT2D eigenvalue weighted by Crippen LogP contribution is 2.44. The van der Waals surface area contributed by atoms with E-state index in [2.05, 4.69) is 0 Å². The molecule has 1 aromatic heterocycles. The molecule has 27 heavy (non-hydrogen) atoms. The third-order valence-electron chi connectivity index (χ3n) is 3.64. The molecule has 0 unspecified atom stereocenters. The lowest BCUT2D eigenvalue weighted by atomic mass is 10.0. The van der Waals surface area contributed by atoms with Crippen molar-refractivity contribution in [2.45, 2.75) is 20.7 Å². The maximum Gasteiger partial charge on any atom is 0.399 e. The van der Waals surface area contributed by atoms with E-state index in [0.717, 1.165) is 0 Å². The van der Waals surface area contributed by atoms with Crippen molar-refractivity contribution in [3.05, 3.63) is 36.1 Å². The van der Waals surface area contributed by atoms with Gasteiger partial charge in [0.25, 0.3) is 0 Å². The molecule has 9 heteroatoms. The molecule has 0 bridgehead atoms. The van der Waals surface area contributed by atoms with Crippen LogP contribution in [0.5, 0.6) is 11.5 Å². The first-order valence-electron chi connectivity index (χ1n) is 7.54. The van der Waals surface area contributed by atoms with Gasteiger partial charge in [-0.3, -0.25) is 9.59 Å². The van der Waals surface area contributed by atoms with Crippen molar-refractivity contribution in [3.63, 3.8) is 0 Å². The van der Waals surface area contributed by atoms with Gasteiger partial charge in [-0.2, -0.15) is 0 Å². The first kappa shape index (κ1) is 20.1. The van der Waals surface area contributed by atoms with E-state index in [-0.39, 0.29) is 47.8 Å². The van der Waals surface area contributed by atoms with Crippen LogP contribution in [0.1, 0.15) is 24.9 Å². The summed E-state index contributed by atoms with van der Waals surface area (Å²) in [5.41, 5.74) is 0.0670. The molecule has 3 aromatic rings. The van der Waals surface area contributed by atoms with E-state index >= 15 is 0 Å². The summed E-state index contributed by atoms with van der Waals surface area (Å²) in [6.45, 7) is 1.32. The highest BCUT2D eigenvalue weighted by Gasteiger charge is 2.24. The normalized spacial score (nSPS) is 10.3. The zero-order valence-corrected chi connectivity index (χ0v) is 13.7. The molecule has 0 saturated carbocycles. The third-order valence-corrected chi connectivity index (χ3v) is 3.64. The van der Waals surface area contributed by atoms with Gasteiger partial charge in [0, 0.05) is 24.0 Å². The Hall–Kier alpha value is -3.22. The summed E-state index contributed by atoms with van der Waals surface area (Å²) in [5, 5.41) is 3.04.